The third-order valence-corrected chi connectivity index (χ3v) is 2.20. The van der Waals surface area contributed by atoms with Crippen LogP contribution < -0.4 is 11.1 Å². The van der Waals surface area contributed by atoms with Crippen LogP contribution in [0.15, 0.2) is 24.3 Å². The number of hydrogen-bond acceptors (Lipinski definition) is 4. The molecule has 0 radical (unpaired) electrons. The number of para-hydroxylation sites is 1. The van der Waals surface area contributed by atoms with Gasteiger partial charge in [0.1, 0.15) is 11.6 Å². The summed E-state index contributed by atoms with van der Waals surface area (Å²) in [6.07, 6.45) is -0.655. The van der Waals surface area contributed by atoms with Crippen LogP contribution in [0.5, 0.6) is 0 Å². The van der Waals surface area contributed by atoms with E-state index in [0.717, 1.165) is 0 Å². The van der Waals surface area contributed by atoms with Gasteiger partial charge in [0, 0.05) is 11.3 Å². The molecule has 0 aliphatic heterocycles. The molecule has 19 heavy (non-hydrogen) atoms. The van der Waals surface area contributed by atoms with Crippen LogP contribution in [0.25, 0.3) is 0 Å². The minimum absolute atomic E-state index is 0.320. The van der Waals surface area contributed by atoms with E-state index in [9.17, 15) is 9.59 Å². The van der Waals surface area contributed by atoms with E-state index >= 15 is 0 Å². The number of hydrogen-bond donors (Lipinski definition) is 3. The molecule has 104 valence electrons. The molecule has 0 heterocycles. The Bertz CT molecular complexity index is 480. The molecule has 1 unspecified atom stereocenters. The second-order valence-corrected chi connectivity index (χ2v) is 5.03. The van der Waals surface area contributed by atoms with Gasteiger partial charge >= 0.3 is 12.1 Å². The van der Waals surface area contributed by atoms with Crippen molar-refractivity contribution in [2.24, 2.45) is 5.73 Å². The minimum atomic E-state index is -1.20. The van der Waals surface area contributed by atoms with Crippen molar-refractivity contribution in [3.8, 4) is 0 Å². The van der Waals surface area contributed by atoms with E-state index in [1.165, 1.54) is 0 Å². The Labute approximate surface area is 111 Å². The van der Waals surface area contributed by atoms with E-state index in [1.54, 1.807) is 45.0 Å². The van der Waals surface area contributed by atoms with Gasteiger partial charge < -0.3 is 15.6 Å². The van der Waals surface area contributed by atoms with Gasteiger partial charge in [-0.05, 0) is 26.8 Å². The molecule has 0 saturated heterocycles. The van der Waals surface area contributed by atoms with Crippen molar-refractivity contribution >= 4 is 17.7 Å². The lowest BCUT2D eigenvalue weighted by atomic mass is 10.1. The van der Waals surface area contributed by atoms with Gasteiger partial charge in [-0.2, -0.15) is 0 Å². The van der Waals surface area contributed by atoms with Crippen LogP contribution in [0.3, 0.4) is 0 Å². The Balaban J connectivity index is 2.90. The van der Waals surface area contributed by atoms with Gasteiger partial charge in [-0.1, -0.05) is 18.2 Å². The predicted octanol–water partition coefficient (Wildman–Crippen LogP) is 2.12. The zero-order chi connectivity index (χ0) is 14.6. The largest absolute Gasteiger partial charge is 0.480 e. The third kappa shape index (κ3) is 4.59. The summed E-state index contributed by atoms with van der Waals surface area (Å²) in [4.78, 5) is 22.5. The summed E-state index contributed by atoms with van der Waals surface area (Å²) < 4.78 is 5.10. The fraction of sp³-hybridized carbons (Fsp3) is 0.385. The number of amides is 1. The number of carboxylic acids is 1. The number of carbonyl (C=O) groups excluding carboxylic acids is 1. The topological polar surface area (TPSA) is 102 Å². The molecule has 1 amide bonds. The van der Waals surface area contributed by atoms with Crippen molar-refractivity contribution in [2.75, 3.05) is 5.32 Å². The van der Waals surface area contributed by atoms with Gasteiger partial charge in [0.05, 0.1) is 0 Å². The van der Waals surface area contributed by atoms with Crippen LogP contribution in [0.4, 0.5) is 10.5 Å². The zero-order valence-electron chi connectivity index (χ0n) is 11.1. The van der Waals surface area contributed by atoms with Crippen LogP contribution in [-0.2, 0) is 9.53 Å². The summed E-state index contributed by atoms with van der Waals surface area (Å²) in [7, 11) is 0. The number of benzene rings is 1. The number of carbonyl (C=O) groups is 2. The zero-order valence-corrected chi connectivity index (χ0v) is 11.1. The molecule has 0 saturated carbocycles. The lowest BCUT2D eigenvalue weighted by molar-refractivity contribution is -0.138. The van der Waals surface area contributed by atoms with Crippen molar-refractivity contribution < 1.29 is 19.4 Å². The number of aliphatic carboxylic acids is 1. The number of nitrogens with one attached hydrogen (secondary N) is 1. The summed E-state index contributed by atoms with van der Waals surface area (Å²) in [6, 6.07) is 5.24. The monoisotopic (exact) mass is 266 g/mol. The summed E-state index contributed by atoms with van der Waals surface area (Å²) in [5, 5.41) is 11.4. The van der Waals surface area contributed by atoms with Gasteiger partial charge in [-0.15, -0.1) is 0 Å². The Morgan fingerprint density at radius 2 is 1.89 bits per heavy atom. The first-order chi connectivity index (χ1) is 8.70. The molecule has 1 aromatic carbocycles. The van der Waals surface area contributed by atoms with Gasteiger partial charge in [0.2, 0.25) is 0 Å². The molecule has 4 N–H and O–H groups in total. The number of ether oxygens (including phenoxy) is 1. The maximum Gasteiger partial charge on any atom is 0.412 e. The quantitative estimate of drug-likeness (QED) is 0.777. The number of rotatable bonds is 3. The van der Waals surface area contributed by atoms with Crippen molar-refractivity contribution in [3.63, 3.8) is 0 Å². The van der Waals surface area contributed by atoms with E-state index in [1.807, 2.05) is 0 Å². The summed E-state index contributed by atoms with van der Waals surface area (Å²) in [5.74, 6) is -1.17. The highest BCUT2D eigenvalue weighted by Crippen LogP contribution is 2.22. The smallest absolute Gasteiger partial charge is 0.412 e. The fourth-order valence-electron chi connectivity index (χ4n) is 1.43. The summed E-state index contributed by atoms with van der Waals surface area (Å²) in [6.45, 7) is 5.21. The molecule has 0 aromatic heterocycles. The Kier molecular flexibility index (Phi) is 4.50. The molecular weight excluding hydrogens is 248 g/mol. The van der Waals surface area contributed by atoms with Crippen LogP contribution >= 0.6 is 0 Å². The van der Waals surface area contributed by atoms with Crippen LogP contribution in [-0.4, -0.2) is 22.8 Å². The SMILES string of the molecule is CC(C)(C)OC(=O)Nc1ccccc1C(N)C(=O)O. The lowest BCUT2D eigenvalue weighted by Crippen LogP contribution is -2.28. The van der Waals surface area contributed by atoms with Gasteiger partial charge in [0.25, 0.3) is 0 Å². The highest BCUT2D eigenvalue weighted by atomic mass is 16.6. The van der Waals surface area contributed by atoms with Crippen molar-refractivity contribution in [3.05, 3.63) is 29.8 Å². The summed E-state index contributed by atoms with van der Waals surface area (Å²) in [5.41, 5.74) is 5.56. The van der Waals surface area contributed by atoms with Crippen molar-refractivity contribution in [1.29, 1.82) is 0 Å². The third-order valence-electron chi connectivity index (χ3n) is 2.20. The van der Waals surface area contributed by atoms with Crippen molar-refractivity contribution in [2.45, 2.75) is 32.4 Å². The molecular formula is C13H18N2O4. The molecule has 6 heteroatoms. The van der Waals surface area contributed by atoms with Gasteiger partial charge in [0.15, 0.2) is 0 Å². The number of nitrogens with two attached hydrogens (primary N) is 1. The average Bonchev–Trinajstić information content (AvgIpc) is 2.26. The van der Waals surface area contributed by atoms with Gasteiger partial charge in [-0.3, -0.25) is 10.1 Å². The minimum Gasteiger partial charge on any atom is -0.480 e. The van der Waals surface area contributed by atoms with Crippen LogP contribution in [0, 0.1) is 0 Å². The molecule has 1 rings (SSSR count). The number of anilines is 1. The molecule has 0 fully saturated rings. The lowest BCUT2D eigenvalue weighted by Gasteiger charge is -2.21. The van der Waals surface area contributed by atoms with Crippen molar-refractivity contribution in [1.82, 2.24) is 0 Å². The van der Waals surface area contributed by atoms with Gasteiger partial charge in [-0.25, -0.2) is 4.79 Å². The highest BCUT2D eigenvalue weighted by molar-refractivity contribution is 5.88. The number of carboxylic acid groups (broad SMARTS) is 1. The van der Waals surface area contributed by atoms with E-state index in [-0.39, 0.29) is 0 Å². The van der Waals surface area contributed by atoms with Crippen LogP contribution in [0.2, 0.25) is 0 Å². The van der Waals surface area contributed by atoms with E-state index in [4.69, 9.17) is 15.6 Å². The van der Waals surface area contributed by atoms with E-state index in [0.29, 0.717) is 11.3 Å². The Hall–Kier alpha value is -2.08. The summed E-state index contributed by atoms with van der Waals surface area (Å²) >= 11 is 0. The molecule has 1 atom stereocenters. The molecule has 0 aliphatic carbocycles. The second-order valence-electron chi connectivity index (χ2n) is 5.03. The molecule has 0 spiro atoms. The van der Waals surface area contributed by atoms with E-state index < -0.39 is 23.7 Å². The standard InChI is InChI=1S/C13H18N2O4/c1-13(2,3)19-12(18)15-9-7-5-4-6-8(9)10(14)11(16)17/h4-7,10H,14H2,1-3H3,(H,15,18)(H,16,17). The fourth-order valence-corrected chi connectivity index (χ4v) is 1.43. The molecule has 1 aromatic rings. The first-order valence-electron chi connectivity index (χ1n) is 5.78. The second kappa shape index (κ2) is 5.71. The van der Waals surface area contributed by atoms with Crippen LogP contribution in [0.1, 0.15) is 32.4 Å². The Morgan fingerprint density at radius 3 is 2.42 bits per heavy atom. The van der Waals surface area contributed by atoms with E-state index in [2.05, 4.69) is 5.32 Å². The first kappa shape index (κ1) is 15.0. The molecule has 0 bridgehead atoms. The highest BCUT2D eigenvalue weighted by Gasteiger charge is 2.21. The normalized spacial score (nSPS) is 12.6. The Morgan fingerprint density at radius 1 is 1.32 bits per heavy atom. The first-order valence-corrected chi connectivity index (χ1v) is 5.78. The maximum absolute atomic E-state index is 11.7. The molecule has 0 aliphatic rings. The molecule has 6 nitrogen and oxygen atoms in total. The predicted molar refractivity (Wildman–Crippen MR) is 70.9 cm³/mol. The maximum atomic E-state index is 11.7. The average molecular weight is 266 g/mol.